The number of anilines is 4. The molecule has 1 aliphatic heterocycles. The molecule has 1 heterocycles. The average molecular weight is 567 g/mol. The number of piperazine rings is 1. The summed E-state index contributed by atoms with van der Waals surface area (Å²) >= 11 is 23.9. The van der Waals surface area contributed by atoms with Gasteiger partial charge in [0.15, 0.2) is 6.54 Å². The van der Waals surface area contributed by atoms with Crippen molar-refractivity contribution in [2.24, 2.45) is 0 Å². The van der Waals surface area contributed by atoms with Crippen molar-refractivity contribution in [3.05, 3.63) is 44.4 Å². The van der Waals surface area contributed by atoms with Crippen molar-refractivity contribution in [3.8, 4) is 0 Å². The van der Waals surface area contributed by atoms with Gasteiger partial charge >= 0.3 is 5.91 Å². The Morgan fingerprint density at radius 3 is 1.63 bits per heavy atom. The number of quaternary nitrogens is 1. The topological polar surface area (TPSA) is 136 Å². The molecule has 0 radical (unpaired) electrons. The van der Waals surface area contributed by atoms with Gasteiger partial charge in [-0.25, -0.2) is 0 Å². The Hall–Kier alpha value is -2.02. The van der Waals surface area contributed by atoms with E-state index in [0.717, 1.165) is 0 Å². The number of nitrogen functional groups attached to an aromatic ring is 2. The molecule has 0 spiro atoms. The van der Waals surface area contributed by atoms with Crippen molar-refractivity contribution in [2.75, 3.05) is 67.9 Å². The summed E-state index contributed by atoms with van der Waals surface area (Å²) in [5.74, 6) is -1.12. The summed E-state index contributed by atoms with van der Waals surface area (Å²) in [6.07, 6.45) is 0. The molecule has 0 bridgehead atoms. The van der Waals surface area contributed by atoms with Gasteiger partial charge in [-0.15, -0.1) is 0 Å². The highest BCUT2D eigenvalue weighted by molar-refractivity contribution is 6.40. The zero-order valence-electron chi connectivity index (χ0n) is 18.7. The van der Waals surface area contributed by atoms with Gasteiger partial charge in [-0.1, -0.05) is 46.4 Å². The number of likely N-dealkylation sites (N-methyl/N-ethyl adjacent to an activating group) is 1. The Labute approximate surface area is 222 Å². The number of carbonyl (C=O) groups is 2. The maximum atomic E-state index is 12.7. The Balaban J connectivity index is 1.56. The summed E-state index contributed by atoms with van der Waals surface area (Å²) in [7, 11) is 1.88. The van der Waals surface area contributed by atoms with Crippen molar-refractivity contribution in [2.45, 2.75) is 0 Å². The first-order valence-electron chi connectivity index (χ1n) is 10.4. The predicted octanol–water partition coefficient (Wildman–Crippen LogP) is 3.37. The Morgan fingerprint density at radius 1 is 0.857 bits per heavy atom. The molecule has 0 atom stereocenters. The van der Waals surface area contributed by atoms with Crippen molar-refractivity contribution in [3.63, 3.8) is 0 Å². The van der Waals surface area contributed by atoms with Crippen LogP contribution >= 0.6 is 46.4 Å². The molecule has 2 aromatic rings. The van der Waals surface area contributed by atoms with E-state index >= 15 is 0 Å². The van der Waals surface area contributed by atoms with E-state index in [-0.39, 0.29) is 55.9 Å². The van der Waals surface area contributed by atoms with Crippen LogP contribution in [0.4, 0.5) is 22.7 Å². The van der Waals surface area contributed by atoms with Crippen LogP contribution in [0.5, 0.6) is 0 Å². The number of nitrogens with zero attached hydrogens (tertiary/aromatic N) is 4. The van der Waals surface area contributed by atoms with Gasteiger partial charge in [0.05, 0.1) is 69.5 Å². The van der Waals surface area contributed by atoms with E-state index in [9.17, 15) is 20.0 Å². The highest BCUT2D eigenvalue weighted by Gasteiger charge is 2.34. The summed E-state index contributed by atoms with van der Waals surface area (Å²) < 4.78 is 0.336. The zero-order chi connectivity index (χ0) is 26.1. The molecule has 6 N–H and O–H groups in total. The summed E-state index contributed by atoms with van der Waals surface area (Å²) in [5.41, 5.74) is 11.9. The molecular weight excluding hydrogens is 542 g/mol. The van der Waals surface area contributed by atoms with Gasteiger partial charge in [-0.05, 0) is 24.3 Å². The van der Waals surface area contributed by atoms with Crippen molar-refractivity contribution in [1.29, 1.82) is 0 Å². The highest BCUT2D eigenvalue weighted by atomic mass is 35.5. The van der Waals surface area contributed by atoms with Crippen molar-refractivity contribution < 1.29 is 24.5 Å². The molecule has 0 aromatic heterocycles. The minimum absolute atomic E-state index is 0.00641. The molecule has 0 saturated carbocycles. The number of nitrogens with two attached hydrogens (primary N) is 2. The SMILES string of the molecule is C[N+]1(CC(=O)N(O)c2cc(Cl)c(N)c(Cl)c2)CCN(CC(=O)N(O)c2cc(Cl)c(N)c(Cl)c2)CC1. The molecule has 1 saturated heterocycles. The van der Waals surface area contributed by atoms with Crippen LogP contribution in [0.3, 0.4) is 0 Å². The molecule has 14 heteroatoms. The van der Waals surface area contributed by atoms with E-state index in [4.69, 9.17) is 57.9 Å². The molecule has 0 aliphatic carbocycles. The number of hydroxylamine groups is 2. The average Bonchev–Trinajstić information content (AvgIpc) is 2.80. The van der Waals surface area contributed by atoms with Gasteiger partial charge < -0.3 is 16.0 Å². The summed E-state index contributed by atoms with van der Waals surface area (Å²) in [5, 5.41) is 22.1. The lowest BCUT2D eigenvalue weighted by Gasteiger charge is -2.41. The summed E-state index contributed by atoms with van der Waals surface area (Å²) in [6, 6.07) is 5.40. The quantitative estimate of drug-likeness (QED) is 0.182. The minimum Gasteiger partial charge on any atom is -0.396 e. The third-order valence-corrected chi connectivity index (χ3v) is 7.13. The molecule has 10 nitrogen and oxygen atoms in total. The monoisotopic (exact) mass is 565 g/mol. The zero-order valence-corrected chi connectivity index (χ0v) is 21.7. The highest BCUT2D eigenvalue weighted by Crippen LogP contribution is 2.33. The van der Waals surface area contributed by atoms with Gasteiger partial charge in [-0.2, -0.15) is 10.1 Å². The molecule has 1 fully saturated rings. The first kappa shape index (κ1) is 27.6. The second-order valence-electron chi connectivity index (χ2n) is 8.56. The first-order valence-corrected chi connectivity index (χ1v) is 11.9. The number of halogens is 4. The second-order valence-corrected chi connectivity index (χ2v) is 10.2. The molecule has 190 valence electrons. The lowest BCUT2D eigenvalue weighted by molar-refractivity contribution is -0.906. The minimum atomic E-state index is -0.576. The van der Waals surface area contributed by atoms with Crippen LogP contribution in [-0.2, 0) is 9.59 Å². The second kappa shape index (κ2) is 10.9. The fraction of sp³-hybridized carbons (Fsp3) is 0.333. The van der Waals surface area contributed by atoms with Gasteiger partial charge in [0.2, 0.25) is 0 Å². The number of carbonyl (C=O) groups excluding carboxylic acids is 2. The lowest BCUT2D eigenvalue weighted by Crippen LogP contribution is -2.61. The Morgan fingerprint density at radius 2 is 1.23 bits per heavy atom. The maximum absolute atomic E-state index is 12.7. The fourth-order valence-electron chi connectivity index (χ4n) is 3.63. The molecule has 0 unspecified atom stereocenters. The van der Waals surface area contributed by atoms with Gasteiger partial charge in [0, 0.05) is 13.1 Å². The Kier molecular flexibility index (Phi) is 8.61. The van der Waals surface area contributed by atoms with Crippen LogP contribution in [-0.4, -0.2) is 77.9 Å². The van der Waals surface area contributed by atoms with E-state index in [0.29, 0.717) is 40.8 Å². The maximum Gasteiger partial charge on any atom is 0.305 e. The fourth-order valence-corrected chi connectivity index (χ4v) is 4.58. The van der Waals surface area contributed by atoms with Crippen LogP contribution in [0.1, 0.15) is 0 Å². The van der Waals surface area contributed by atoms with E-state index < -0.39 is 11.8 Å². The smallest absolute Gasteiger partial charge is 0.305 e. The van der Waals surface area contributed by atoms with Crippen LogP contribution in [0.25, 0.3) is 0 Å². The number of rotatable bonds is 6. The molecule has 2 amide bonds. The van der Waals surface area contributed by atoms with E-state index in [1.807, 2.05) is 11.9 Å². The number of hydrogen-bond donors (Lipinski definition) is 4. The summed E-state index contributed by atoms with van der Waals surface area (Å²) in [4.78, 5) is 27.1. The number of hydrogen-bond acceptors (Lipinski definition) is 7. The van der Waals surface area contributed by atoms with Gasteiger partial charge in [0.25, 0.3) is 5.91 Å². The van der Waals surface area contributed by atoms with Crippen molar-refractivity contribution in [1.82, 2.24) is 4.90 Å². The number of amides is 2. The molecule has 3 rings (SSSR count). The third-order valence-electron chi connectivity index (χ3n) is 5.88. The molecule has 1 aliphatic rings. The van der Waals surface area contributed by atoms with Crippen molar-refractivity contribution >= 4 is 81.0 Å². The standard InChI is InChI=1S/C21H25Cl4N6O4/c1-31(11-19(33)30(35)13-8-16(24)21(27)17(25)9-13)4-2-28(3-5-31)10-18(32)29(34)12-6-14(22)20(26)15(23)7-12/h6-9,34-35H,2-5,10-11,26-27H2,1H3/q+1. The van der Waals surface area contributed by atoms with Crippen LogP contribution in [0.2, 0.25) is 20.1 Å². The normalized spacial score (nSPS) is 15.6. The third kappa shape index (κ3) is 6.41. The first-order chi connectivity index (χ1) is 16.3. The van der Waals surface area contributed by atoms with Crippen LogP contribution in [0.15, 0.2) is 24.3 Å². The van der Waals surface area contributed by atoms with Crippen LogP contribution < -0.4 is 21.6 Å². The van der Waals surface area contributed by atoms with Gasteiger partial charge in [-0.3, -0.25) is 24.9 Å². The predicted molar refractivity (Wildman–Crippen MR) is 138 cm³/mol. The van der Waals surface area contributed by atoms with E-state index in [1.54, 1.807) is 0 Å². The largest absolute Gasteiger partial charge is 0.396 e. The summed E-state index contributed by atoms with van der Waals surface area (Å²) in [6.45, 7) is 1.97. The van der Waals surface area contributed by atoms with Gasteiger partial charge in [0.1, 0.15) is 0 Å². The lowest BCUT2D eigenvalue weighted by atomic mass is 10.2. The number of benzene rings is 2. The molecule has 35 heavy (non-hydrogen) atoms. The van der Waals surface area contributed by atoms with E-state index in [2.05, 4.69) is 0 Å². The molecular formula is C21H25Cl4N6O4+. The molecule has 2 aromatic carbocycles. The Bertz CT molecular complexity index is 1100. The van der Waals surface area contributed by atoms with E-state index in [1.165, 1.54) is 24.3 Å². The van der Waals surface area contributed by atoms with Crippen LogP contribution in [0, 0.1) is 0 Å².